The standard InChI is InChI=1S/C14H22N2O/c1-11(12-6-3-2-4-7-12)16-13(17)14(10-15)8-5-9-14/h11-12H,2-9H2,1H3,(H,16,17). The van der Waals surface area contributed by atoms with Gasteiger partial charge in [0.25, 0.3) is 0 Å². The summed E-state index contributed by atoms with van der Waals surface area (Å²) in [5, 5.41) is 12.2. The van der Waals surface area contributed by atoms with E-state index in [4.69, 9.17) is 5.26 Å². The van der Waals surface area contributed by atoms with Crippen molar-refractivity contribution in [3.63, 3.8) is 0 Å². The fourth-order valence-electron chi connectivity index (χ4n) is 3.02. The monoisotopic (exact) mass is 234 g/mol. The van der Waals surface area contributed by atoms with E-state index < -0.39 is 5.41 Å². The second kappa shape index (κ2) is 5.08. The zero-order valence-corrected chi connectivity index (χ0v) is 10.7. The van der Waals surface area contributed by atoms with Crippen molar-refractivity contribution >= 4 is 5.91 Å². The zero-order valence-electron chi connectivity index (χ0n) is 10.7. The van der Waals surface area contributed by atoms with Gasteiger partial charge in [-0.2, -0.15) is 5.26 Å². The lowest BCUT2D eigenvalue weighted by molar-refractivity contribution is -0.132. The highest BCUT2D eigenvalue weighted by atomic mass is 16.2. The van der Waals surface area contributed by atoms with Crippen molar-refractivity contribution in [1.29, 1.82) is 5.26 Å². The van der Waals surface area contributed by atoms with Gasteiger partial charge in [0, 0.05) is 6.04 Å². The maximum absolute atomic E-state index is 12.1. The molecule has 2 aliphatic carbocycles. The Morgan fingerprint density at radius 1 is 1.29 bits per heavy atom. The molecule has 0 spiro atoms. The van der Waals surface area contributed by atoms with Gasteiger partial charge in [-0.3, -0.25) is 4.79 Å². The van der Waals surface area contributed by atoms with E-state index >= 15 is 0 Å². The Morgan fingerprint density at radius 2 is 1.94 bits per heavy atom. The molecule has 0 bridgehead atoms. The first-order chi connectivity index (χ1) is 8.18. The Kier molecular flexibility index (Phi) is 3.71. The molecule has 0 radical (unpaired) electrons. The number of carbonyl (C=O) groups is 1. The van der Waals surface area contributed by atoms with Crippen molar-refractivity contribution in [2.45, 2.75) is 64.3 Å². The molecule has 3 heteroatoms. The second-order valence-electron chi connectivity index (χ2n) is 5.71. The zero-order chi connectivity index (χ0) is 12.3. The van der Waals surface area contributed by atoms with Gasteiger partial charge in [0.2, 0.25) is 5.91 Å². The molecule has 2 saturated carbocycles. The predicted octanol–water partition coefficient (Wildman–Crippen LogP) is 2.77. The number of amides is 1. The third kappa shape index (κ3) is 2.46. The highest BCUT2D eigenvalue weighted by molar-refractivity contribution is 5.86. The van der Waals surface area contributed by atoms with E-state index in [0.717, 1.165) is 19.3 Å². The van der Waals surface area contributed by atoms with Crippen molar-refractivity contribution in [2.75, 3.05) is 0 Å². The van der Waals surface area contributed by atoms with Crippen LogP contribution in [0.4, 0.5) is 0 Å². The summed E-state index contributed by atoms with van der Waals surface area (Å²) < 4.78 is 0. The van der Waals surface area contributed by atoms with E-state index in [1.807, 2.05) is 0 Å². The highest BCUT2D eigenvalue weighted by Gasteiger charge is 2.45. The average Bonchev–Trinajstić information content (AvgIpc) is 2.29. The molecule has 2 rings (SSSR count). The van der Waals surface area contributed by atoms with Gasteiger partial charge in [0.1, 0.15) is 5.41 Å². The van der Waals surface area contributed by atoms with Crippen LogP contribution >= 0.6 is 0 Å². The van der Waals surface area contributed by atoms with Crippen molar-refractivity contribution in [2.24, 2.45) is 11.3 Å². The number of nitriles is 1. The topological polar surface area (TPSA) is 52.9 Å². The Bertz CT molecular complexity index is 322. The molecular formula is C14H22N2O. The summed E-state index contributed by atoms with van der Waals surface area (Å²) in [6.07, 6.45) is 8.85. The molecule has 1 unspecified atom stereocenters. The van der Waals surface area contributed by atoms with Crippen LogP contribution in [0.15, 0.2) is 0 Å². The molecule has 2 fully saturated rings. The number of hydrogen-bond donors (Lipinski definition) is 1. The minimum Gasteiger partial charge on any atom is -0.352 e. The first-order valence-electron chi connectivity index (χ1n) is 6.90. The molecule has 1 atom stereocenters. The van der Waals surface area contributed by atoms with E-state index in [0.29, 0.717) is 5.92 Å². The molecule has 0 aromatic heterocycles. The number of carbonyl (C=O) groups excluding carboxylic acids is 1. The Labute approximate surface area is 104 Å². The van der Waals surface area contributed by atoms with Gasteiger partial charge in [0.05, 0.1) is 6.07 Å². The third-order valence-electron chi connectivity index (χ3n) is 4.57. The Morgan fingerprint density at radius 3 is 2.41 bits per heavy atom. The summed E-state index contributed by atoms with van der Waals surface area (Å²) in [5.41, 5.74) is -0.692. The van der Waals surface area contributed by atoms with Crippen LogP contribution in [-0.2, 0) is 4.79 Å². The van der Waals surface area contributed by atoms with Gasteiger partial charge in [-0.15, -0.1) is 0 Å². The summed E-state index contributed by atoms with van der Waals surface area (Å²) in [7, 11) is 0. The molecule has 0 saturated heterocycles. The Hall–Kier alpha value is -1.04. The maximum Gasteiger partial charge on any atom is 0.240 e. The molecule has 0 aliphatic heterocycles. The van der Waals surface area contributed by atoms with Gasteiger partial charge < -0.3 is 5.32 Å². The number of rotatable bonds is 3. The van der Waals surface area contributed by atoms with Crippen molar-refractivity contribution in [1.82, 2.24) is 5.32 Å². The molecule has 0 heterocycles. The van der Waals surface area contributed by atoms with Gasteiger partial charge >= 0.3 is 0 Å². The minimum atomic E-state index is -0.692. The summed E-state index contributed by atoms with van der Waals surface area (Å²) >= 11 is 0. The van der Waals surface area contributed by atoms with Crippen LogP contribution in [0, 0.1) is 22.7 Å². The van der Waals surface area contributed by atoms with Crippen molar-refractivity contribution in [3.8, 4) is 6.07 Å². The van der Waals surface area contributed by atoms with Gasteiger partial charge in [-0.05, 0) is 44.9 Å². The van der Waals surface area contributed by atoms with E-state index in [1.165, 1.54) is 32.1 Å². The first kappa shape index (κ1) is 12.4. The van der Waals surface area contributed by atoms with Crippen molar-refractivity contribution in [3.05, 3.63) is 0 Å². The summed E-state index contributed by atoms with van der Waals surface area (Å²) in [4.78, 5) is 12.1. The minimum absolute atomic E-state index is 0.0238. The lowest BCUT2D eigenvalue weighted by Crippen LogP contribution is -2.49. The van der Waals surface area contributed by atoms with Crippen LogP contribution in [0.5, 0.6) is 0 Å². The maximum atomic E-state index is 12.1. The number of hydrogen-bond acceptors (Lipinski definition) is 2. The largest absolute Gasteiger partial charge is 0.352 e. The van der Waals surface area contributed by atoms with Crippen LogP contribution in [0.2, 0.25) is 0 Å². The summed E-state index contributed by atoms with van der Waals surface area (Å²) in [6.45, 7) is 2.09. The second-order valence-corrected chi connectivity index (χ2v) is 5.71. The van der Waals surface area contributed by atoms with E-state index in [-0.39, 0.29) is 11.9 Å². The molecule has 2 aliphatic rings. The fourth-order valence-corrected chi connectivity index (χ4v) is 3.02. The summed E-state index contributed by atoms with van der Waals surface area (Å²) in [6, 6.07) is 2.44. The van der Waals surface area contributed by atoms with Crippen LogP contribution in [0.1, 0.15) is 58.3 Å². The van der Waals surface area contributed by atoms with Gasteiger partial charge in [0.15, 0.2) is 0 Å². The van der Waals surface area contributed by atoms with E-state index in [2.05, 4.69) is 18.3 Å². The lowest BCUT2D eigenvalue weighted by atomic mass is 9.69. The van der Waals surface area contributed by atoms with Gasteiger partial charge in [-0.1, -0.05) is 19.3 Å². The predicted molar refractivity (Wildman–Crippen MR) is 66.1 cm³/mol. The molecule has 0 aromatic carbocycles. The van der Waals surface area contributed by atoms with Crippen molar-refractivity contribution < 1.29 is 4.79 Å². The van der Waals surface area contributed by atoms with Gasteiger partial charge in [-0.25, -0.2) is 0 Å². The van der Waals surface area contributed by atoms with Crippen LogP contribution in [-0.4, -0.2) is 11.9 Å². The smallest absolute Gasteiger partial charge is 0.240 e. The molecule has 0 aromatic rings. The average molecular weight is 234 g/mol. The lowest BCUT2D eigenvalue weighted by Gasteiger charge is -2.36. The molecule has 94 valence electrons. The molecule has 1 amide bonds. The van der Waals surface area contributed by atoms with E-state index in [9.17, 15) is 4.79 Å². The third-order valence-corrected chi connectivity index (χ3v) is 4.57. The molecule has 17 heavy (non-hydrogen) atoms. The SMILES string of the molecule is CC(NC(=O)C1(C#N)CCC1)C1CCCCC1. The fraction of sp³-hybridized carbons (Fsp3) is 0.857. The number of nitrogens with zero attached hydrogens (tertiary/aromatic N) is 1. The van der Waals surface area contributed by atoms with Crippen LogP contribution < -0.4 is 5.32 Å². The molecule has 1 N–H and O–H groups in total. The quantitative estimate of drug-likeness (QED) is 0.816. The highest BCUT2D eigenvalue weighted by Crippen LogP contribution is 2.40. The summed E-state index contributed by atoms with van der Waals surface area (Å²) in [5.74, 6) is 0.591. The van der Waals surface area contributed by atoms with Crippen LogP contribution in [0.3, 0.4) is 0 Å². The first-order valence-corrected chi connectivity index (χ1v) is 6.90. The van der Waals surface area contributed by atoms with Crippen LogP contribution in [0.25, 0.3) is 0 Å². The number of nitrogens with one attached hydrogen (secondary N) is 1. The molecular weight excluding hydrogens is 212 g/mol. The van der Waals surface area contributed by atoms with E-state index in [1.54, 1.807) is 0 Å². The normalized spacial score (nSPS) is 25.4. The molecule has 3 nitrogen and oxygen atoms in total. The Balaban J connectivity index is 1.87.